The van der Waals surface area contributed by atoms with Crippen LogP contribution in [0.2, 0.25) is 19.6 Å². The lowest BCUT2D eigenvalue weighted by Gasteiger charge is -2.17. The molecule has 3 nitrogen and oxygen atoms in total. The Morgan fingerprint density at radius 1 is 1.26 bits per heavy atom. The molecule has 0 fully saturated rings. The highest BCUT2D eigenvalue weighted by Crippen LogP contribution is 2.05. The van der Waals surface area contributed by atoms with Crippen LogP contribution in [0.15, 0.2) is 24.3 Å². The lowest BCUT2D eigenvalue weighted by molar-refractivity contribution is -0.145. The molecular formula is C15H25NO2Si. The summed E-state index contributed by atoms with van der Waals surface area (Å²) in [6.07, 6.45) is 0. The van der Waals surface area contributed by atoms with Gasteiger partial charge in [-0.25, -0.2) is 0 Å². The van der Waals surface area contributed by atoms with Crippen LogP contribution in [0.5, 0.6) is 0 Å². The summed E-state index contributed by atoms with van der Waals surface area (Å²) in [6.45, 7) is 11.8. The first-order valence-corrected chi connectivity index (χ1v) is 10.3. The first-order chi connectivity index (χ1) is 8.84. The van der Waals surface area contributed by atoms with E-state index in [0.29, 0.717) is 13.2 Å². The van der Waals surface area contributed by atoms with Crippen molar-refractivity contribution in [3.05, 3.63) is 29.8 Å². The zero-order chi connectivity index (χ0) is 14.5. The van der Waals surface area contributed by atoms with Crippen molar-refractivity contribution in [1.82, 2.24) is 5.32 Å². The van der Waals surface area contributed by atoms with Gasteiger partial charge in [0.25, 0.3) is 0 Å². The molecule has 1 aromatic carbocycles. The van der Waals surface area contributed by atoms with E-state index in [4.69, 9.17) is 4.74 Å². The lowest BCUT2D eigenvalue weighted by atomic mass is 10.2. The van der Waals surface area contributed by atoms with Crippen LogP contribution in [0.25, 0.3) is 0 Å². The van der Waals surface area contributed by atoms with E-state index in [2.05, 4.69) is 49.2 Å². The number of ether oxygens (including phenoxy) is 1. The number of nitrogens with one attached hydrogen (secondary N) is 1. The summed E-state index contributed by atoms with van der Waals surface area (Å²) >= 11 is 0. The Morgan fingerprint density at radius 3 is 2.32 bits per heavy atom. The van der Waals surface area contributed by atoms with E-state index in [1.54, 1.807) is 0 Å². The number of benzene rings is 1. The van der Waals surface area contributed by atoms with Gasteiger partial charge >= 0.3 is 5.97 Å². The Bertz CT molecular complexity index is 409. The predicted molar refractivity (Wildman–Crippen MR) is 82.4 cm³/mol. The Balaban J connectivity index is 2.53. The van der Waals surface area contributed by atoms with Crippen LogP contribution in [0.3, 0.4) is 0 Å². The Labute approximate surface area is 117 Å². The molecule has 0 saturated heterocycles. The standard InChI is InChI=1S/C15H25NO2Si/c1-6-18-15(17)12(2)16-11-13-7-9-14(10-8-13)19(3,4)5/h7-10,12,16H,6,11H2,1-5H3. The molecule has 0 radical (unpaired) electrons. The molecule has 0 saturated carbocycles. The number of rotatable bonds is 6. The predicted octanol–water partition coefficient (Wildman–Crippen LogP) is 2.27. The van der Waals surface area contributed by atoms with Crippen molar-refractivity contribution >= 4 is 19.2 Å². The smallest absolute Gasteiger partial charge is 0.322 e. The van der Waals surface area contributed by atoms with Crippen LogP contribution in [-0.4, -0.2) is 26.7 Å². The number of esters is 1. The highest BCUT2D eigenvalue weighted by atomic mass is 28.3. The van der Waals surface area contributed by atoms with Crippen molar-refractivity contribution in [2.75, 3.05) is 6.61 Å². The fraction of sp³-hybridized carbons (Fsp3) is 0.533. The first kappa shape index (κ1) is 15.9. The molecule has 0 aliphatic carbocycles. The molecule has 0 aromatic heterocycles. The van der Waals surface area contributed by atoms with Crippen LogP contribution in [0, 0.1) is 0 Å². The molecule has 0 amide bonds. The van der Waals surface area contributed by atoms with Gasteiger partial charge in [-0.2, -0.15) is 0 Å². The largest absolute Gasteiger partial charge is 0.465 e. The van der Waals surface area contributed by atoms with Crippen LogP contribution in [0.1, 0.15) is 19.4 Å². The second-order valence-electron chi connectivity index (χ2n) is 5.80. The van der Waals surface area contributed by atoms with Crippen molar-refractivity contribution < 1.29 is 9.53 Å². The van der Waals surface area contributed by atoms with E-state index >= 15 is 0 Å². The summed E-state index contributed by atoms with van der Waals surface area (Å²) in [5.74, 6) is -0.193. The topological polar surface area (TPSA) is 38.3 Å². The highest BCUT2D eigenvalue weighted by Gasteiger charge is 2.16. The second kappa shape index (κ2) is 6.87. The van der Waals surface area contributed by atoms with Gasteiger partial charge < -0.3 is 10.1 Å². The number of hydrogen-bond acceptors (Lipinski definition) is 3. The van der Waals surface area contributed by atoms with Crippen LogP contribution in [-0.2, 0) is 16.1 Å². The average molecular weight is 279 g/mol. The molecule has 4 heteroatoms. The minimum Gasteiger partial charge on any atom is -0.465 e. The zero-order valence-electron chi connectivity index (χ0n) is 12.6. The summed E-state index contributed by atoms with van der Waals surface area (Å²) in [4.78, 5) is 11.5. The molecule has 0 bridgehead atoms. The molecule has 0 aliphatic rings. The molecule has 0 heterocycles. The molecule has 1 unspecified atom stereocenters. The van der Waals surface area contributed by atoms with Gasteiger partial charge in [-0.3, -0.25) is 4.79 Å². The number of carbonyl (C=O) groups excluding carboxylic acids is 1. The normalized spacial score (nSPS) is 13.1. The fourth-order valence-electron chi connectivity index (χ4n) is 1.74. The zero-order valence-corrected chi connectivity index (χ0v) is 13.6. The Kier molecular flexibility index (Phi) is 5.75. The third-order valence-corrected chi connectivity index (χ3v) is 5.14. The summed E-state index contributed by atoms with van der Waals surface area (Å²) in [7, 11) is -1.22. The van der Waals surface area contributed by atoms with Crippen molar-refractivity contribution in [2.24, 2.45) is 0 Å². The Hall–Kier alpha value is -1.13. The monoisotopic (exact) mass is 279 g/mol. The third kappa shape index (κ3) is 5.16. The number of carbonyl (C=O) groups is 1. The third-order valence-electron chi connectivity index (χ3n) is 3.07. The van der Waals surface area contributed by atoms with Crippen molar-refractivity contribution in [3.8, 4) is 0 Å². The van der Waals surface area contributed by atoms with Gasteiger partial charge in [-0.05, 0) is 19.4 Å². The van der Waals surface area contributed by atoms with E-state index in [0.717, 1.165) is 0 Å². The van der Waals surface area contributed by atoms with Gasteiger partial charge in [0.1, 0.15) is 6.04 Å². The molecule has 106 valence electrons. The molecule has 19 heavy (non-hydrogen) atoms. The maximum atomic E-state index is 11.5. The van der Waals surface area contributed by atoms with Gasteiger partial charge in [-0.1, -0.05) is 49.1 Å². The maximum Gasteiger partial charge on any atom is 0.322 e. The summed E-state index contributed by atoms with van der Waals surface area (Å²) < 4.78 is 4.96. The minimum absolute atomic E-state index is 0.193. The molecular weight excluding hydrogens is 254 g/mol. The highest BCUT2D eigenvalue weighted by molar-refractivity contribution is 6.88. The van der Waals surface area contributed by atoms with Gasteiger partial charge in [0.05, 0.1) is 14.7 Å². The molecule has 1 atom stereocenters. The SMILES string of the molecule is CCOC(=O)C(C)NCc1ccc([Si](C)(C)C)cc1. The van der Waals surface area contributed by atoms with Gasteiger partial charge in [0.15, 0.2) is 0 Å². The van der Waals surface area contributed by atoms with E-state index in [1.807, 2.05) is 13.8 Å². The van der Waals surface area contributed by atoms with Crippen LogP contribution >= 0.6 is 0 Å². The minimum atomic E-state index is -1.22. The second-order valence-corrected chi connectivity index (χ2v) is 10.9. The lowest BCUT2D eigenvalue weighted by Crippen LogP contribution is -2.37. The van der Waals surface area contributed by atoms with E-state index < -0.39 is 8.07 Å². The summed E-state index contributed by atoms with van der Waals surface area (Å²) in [6, 6.07) is 8.42. The van der Waals surface area contributed by atoms with E-state index in [-0.39, 0.29) is 12.0 Å². The molecule has 0 aliphatic heterocycles. The quantitative estimate of drug-likeness (QED) is 0.641. The molecule has 0 spiro atoms. The maximum absolute atomic E-state index is 11.5. The van der Waals surface area contributed by atoms with E-state index in [9.17, 15) is 4.79 Å². The molecule has 1 N–H and O–H groups in total. The van der Waals surface area contributed by atoms with Gasteiger partial charge in [-0.15, -0.1) is 0 Å². The Morgan fingerprint density at radius 2 is 1.84 bits per heavy atom. The molecule has 1 rings (SSSR count). The summed E-state index contributed by atoms with van der Waals surface area (Å²) in [5.41, 5.74) is 1.19. The van der Waals surface area contributed by atoms with E-state index in [1.165, 1.54) is 10.8 Å². The van der Waals surface area contributed by atoms with Crippen LogP contribution in [0.4, 0.5) is 0 Å². The number of hydrogen-bond donors (Lipinski definition) is 1. The van der Waals surface area contributed by atoms with Crippen molar-refractivity contribution in [2.45, 2.75) is 46.1 Å². The van der Waals surface area contributed by atoms with Gasteiger partial charge in [0.2, 0.25) is 0 Å². The fourth-order valence-corrected chi connectivity index (χ4v) is 2.91. The summed E-state index contributed by atoms with van der Waals surface area (Å²) in [5, 5.41) is 4.63. The van der Waals surface area contributed by atoms with Crippen molar-refractivity contribution in [3.63, 3.8) is 0 Å². The van der Waals surface area contributed by atoms with Crippen molar-refractivity contribution in [1.29, 1.82) is 0 Å². The van der Waals surface area contributed by atoms with Crippen LogP contribution < -0.4 is 10.5 Å². The van der Waals surface area contributed by atoms with Gasteiger partial charge in [0, 0.05) is 6.54 Å². The average Bonchev–Trinajstić information content (AvgIpc) is 2.35. The first-order valence-electron chi connectivity index (χ1n) is 6.84. The molecule has 1 aromatic rings.